The van der Waals surface area contributed by atoms with Crippen molar-refractivity contribution in [1.29, 1.82) is 0 Å². The normalized spacial score (nSPS) is 14.7. The molecule has 3 nitrogen and oxygen atoms in total. The molecule has 0 saturated heterocycles. The van der Waals surface area contributed by atoms with Crippen LogP contribution in [0.2, 0.25) is 0 Å². The molecule has 0 bridgehead atoms. The lowest BCUT2D eigenvalue weighted by atomic mass is 10.0. The number of nitrogens with zero attached hydrogens (tertiary/aromatic N) is 1. The van der Waals surface area contributed by atoms with Crippen molar-refractivity contribution in [1.82, 2.24) is 0 Å². The van der Waals surface area contributed by atoms with E-state index in [2.05, 4.69) is 6.92 Å². The highest BCUT2D eigenvalue weighted by Crippen LogP contribution is 2.39. The zero-order chi connectivity index (χ0) is 18.8. The van der Waals surface area contributed by atoms with Crippen LogP contribution in [0.1, 0.15) is 37.5 Å². The molecule has 3 rings (SSSR count). The third-order valence-electron chi connectivity index (χ3n) is 4.34. The number of carbonyl (C=O) groups is 2. The lowest BCUT2D eigenvalue weighted by Gasteiger charge is -2.16. The average molecular weight is 365 g/mol. The summed E-state index contributed by atoms with van der Waals surface area (Å²) in [5, 5.41) is 0.213. The Morgan fingerprint density at radius 3 is 2.08 bits per heavy atom. The van der Waals surface area contributed by atoms with Crippen LogP contribution in [0.5, 0.6) is 0 Å². The number of rotatable bonds is 5. The molecule has 0 fully saturated rings. The van der Waals surface area contributed by atoms with E-state index in [1.807, 2.05) is 69.3 Å². The molecule has 0 atom stereocenters. The SMILES string of the molecule is CCc1ccc(N2C(=O)C(SC(C)C)=C(c3ccc(C)cc3)C2=O)cc1. The third kappa shape index (κ3) is 3.47. The summed E-state index contributed by atoms with van der Waals surface area (Å²) in [6.45, 7) is 8.14. The van der Waals surface area contributed by atoms with Crippen LogP contribution in [0.4, 0.5) is 5.69 Å². The van der Waals surface area contributed by atoms with Crippen molar-refractivity contribution in [2.75, 3.05) is 4.90 Å². The fourth-order valence-electron chi connectivity index (χ4n) is 2.94. The van der Waals surface area contributed by atoms with Gasteiger partial charge in [0.15, 0.2) is 0 Å². The van der Waals surface area contributed by atoms with Gasteiger partial charge in [-0.1, -0.05) is 62.7 Å². The summed E-state index contributed by atoms with van der Waals surface area (Å²) in [5.41, 5.74) is 4.23. The fraction of sp³-hybridized carbons (Fsp3) is 0.273. The summed E-state index contributed by atoms with van der Waals surface area (Å²) < 4.78 is 0. The Kier molecular flexibility index (Phi) is 5.33. The Labute approximate surface area is 159 Å². The highest BCUT2D eigenvalue weighted by molar-refractivity contribution is 8.04. The van der Waals surface area contributed by atoms with Gasteiger partial charge >= 0.3 is 0 Å². The van der Waals surface area contributed by atoms with Crippen molar-refractivity contribution in [3.05, 3.63) is 70.1 Å². The van der Waals surface area contributed by atoms with E-state index in [0.717, 1.165) is 17.5 Å². The highest BCUT2D eigenvalue weighted by atomic mass is 32.2. The van der Waals surface area contributed by atoms with Gasteiger partial charge in [-0.15, -0.1) is 11.8 Å². The van der Waals surface area contributed by atoms with E-state index in [9.17, 15) is 9.59 Å². The minimum atomic E-state index is -0.244. The molecule has 2 amide bonds. The first-order valence-corrected chi connectivity index (χ1v) is 9.76. The molecule has 1 aliphatic heterocycles. The first kappa shape index (κ1) is 18.5. The predicted molar refractivity (Wildman–Crippen MR) is 109 cm³/mol. The molecule has 26 heavy (non-hydrogen) atoms. The third-order valence-corrected chi connectivity index (χ3v) is 5.42. The van der Waals surface area contributed by atoms with Gasteiger partial charge in [-0.2, -0.15) is 0 Å². The van der Waals surface area contributed by atoms with Gasteiger partial charge in [0, 0.05) is 5.25 Å². The quantitative estimate of drug-likeness (QED) is 0.701. The smallest absolute Gasteiger partial charge is 0.268 e. The van der Waals surface area contributed by atoms with E-state index in [-0.39, 0.29) is 17.1 Å². The molecule has 2 aromatic carbocycles. The molecular weight excluding hydrogens is 342 g/mol. The minimum Gasteiger partial charge on any atom is -0.268 e. The number of hydrogen-bond acceptors (Lipinski definition) is 3. The second kappa shape index (κ2) is 7.50. The van der Waals surface area contributed by atoms with Gasteiger partial charge < -0.3 is 0 Å². The second-order valence-corrected chi connectivity index (χ2v) is 8.29. The Hall–Kier alpha value is -2.33. The molecular formula is C22H23NO2S. The van der Waals surface area contributed by atoms with Crippen LogP contribution in [0.3, 0.4) is 0 Å². The Bertz CT molecular complexity index is 864. The number of benzene rings is 2. The van der Waals surface area contributed by atoms with Gasteiger partial charge in [-0.05, 0) is 36.6 Å². The minimum absolute atomic E-state index is 0.213. The molecule has 0 radical (unpaired) electrons. The topological polar surface area (TPSA) is 37.4 Å². The summed E-state index contributed by atoms with van der Waals surface area (Å²) in [6.07, 6.45) is 0.920. The number of aryl methyl sites for hydroxylation is 2. The number of hydrogen-bond donors (Lipinski definition) is 0. The van der Waals surface area contributed by atoms with Gasteiger partial charge in [0.05, 0.1) is 16.2 Å². The summed E-state index contributed by atoms with van der Waals surface area (Å²) >= 11 is 1.45. The number of anilines is 1. The molecule has 0 N–H and O–H groups in total. The molecule has 1 heterocycles. The van der Waals surface area contributed by atoms with Crippen molar-refractivity contribution in [3.8, 4) is 0 Å². The van der Waals surface area contributed by atoms with E-state index in [1.54, 1.807) is 0 Å². The van der Waals surface area contributed by atoms with E-state index >= 15 is 0 Å². The predicted octanol–water partition coefficient (Wildman–Crippen LogP) is 4.98. The first-order valence-electron chi connectivity index (χ1n) is 8.88. The molecule has 4 heteroatoms. The van der Waals surface area contributed by atoms with Gasteiger partial charge in [0.2, 0.25) is 0 Å². The van der Waals surface area contributed by atoms with E-state index in [1.165, 1.54) is 22.2 Å². The lowest BCUT2D eigenvalue weighted by molar-refractivity contribution is -0.119. The van der Waals surface area contributed by atoms with Crippen LogP contribution in [-0.4, -0.2) is 17.1 Å². The number of carbonyl (C=O) groups excluding carboxylic acids is 2. The van der Waals surface area contributed by atoms with E-state index in [4.69, 9.17) is 0 Å². The maximum absolute atomic E-state index is 13.2. The van der Waals surface area contributed by atoms with Crippen LogP contribution < -0.4 is 4.90 Å². The van der Waals surface area contributed by atoms with Gasteiger partial charge in [0.1, 0.15) is 0 Å². The lowest BCUT2D eigenvalue weighted by Crippen LogP contribution is -2.31. The van der Waals surface area contributed by atoms with Crippen molar-refractivity contribution in [3.63, 3.8) is 0 Å². The molecule has 134 valence electrons. The molecule has 0 spiro atoms. The first-order chi connectivity index (χ1) is 12.4. The van der Waals surface area contributed by atoms with Crippen molar-refractivity contribution in [2.24, 2.45) is 0 Å². The fourth-order valence-corrected chi connectivity index (χ4v) is 3.93. The largest absolute Gasteiger partial charge is 0.272 e. The Morgan fingerprint density at radius 1 is 0.923 bits per heavy atom. The molecule has 0 saturated carbocycles. The maximum atomic E-state index is 13.2. The highest BCUT2D eigenvalue weighted by Gasteiger charge is 2.40. The second-order valence-electron chi connectivity index (χ2n) is 6.70. The van der Waals surface area contributed by atoms with Crippen molar-refractivity contribution < 1.29 is 9.59 Å². The molecule has 0 aromatic heterocycles. The Morgan fingerprint density at radius 2 is 1.54 bits per heavy atom. The van der Waals surface area contributed by atoms with E-state index in [0.29, 0.717) is 16.2 Å². The standard InChI is InChI=1S/C22H23NO2S/c1-5-16-8-12-18(13-9-16)23-21(24)19(17-10-6-15(4)7-11-17)20(22(23)25)26-14(2)3/h6-14H,5H2,1-4H3. The van der Waals surface area contributed by atoms with Crippen molar-refractivity contribution in [2.45, 2.75) is 39.4 Å². The van der Waals surface area contributed by atoms with Gasteiger partial charge in [-0.3, -0.25) is 9.59 Å². The number of imide groups is 1. The van der Waals surface area contributed by atoms with Crippen LogP contribution in [0.15, 0.2) is 53.4 Å². The zero-order valence-corrected chi connectivity index (χ0v) is 16.4. The molecule has 0 unspecified atom stereocenters. The molecule has 2 aromatic rings. The monoisotopic (exact) mass is 365 g/mol. The van der Waals surface area contributed by atoms with Crippen molar-refractivity contribution >= 4 is 34.8 Å². The van der Waals surface area contributed by atoms with Gasteiger partial charge in [-0.25, -0.2) is 4.90 Å². The maximum Gasteiger partial charge on any atom is 0.272 e. The Balaban J connectivity index is 2.06. The molecule has 0 aliphatic carbocycles. The number of thioether (sulfide) groups is 1. The van der Waals surface area contributed by atoms with Gasteiger partial charge in [0.25, 0.3) is 11.8 Å². The van der Waals surface area contributed by atoms with Crippen LogP contribution in [-0.2, 0) is 16.0 Å². The summed E-state index contributed by atoms with van der Waals surface area (Å²) in [6, 6.07) is 15.4. The summed E-state index contributed by atoms with van der Waals surface area (Å²) in [7, 11) is 0. The summed E-state index contributed by atoms with van der Waals surface area (Å²) in [4.78, 5) is 28.1. The molecule has 1 aliphatic rings. The van der Waals surface area contributed by atoms with Crippen LogP contribution in [0.25, 0.3) is 5.57 Å². The average Bonchev–Trinajstić information content (AvgIpc) is 2.86. The number of amides is 2. The zero-order valence-electron chi connectivity index (χ0n) is 15.6. The summed E-state index contributed by atoms with van der Waals surface area (Å²) in [5.74, 6) is -0.472. The van der Waals surface area contributed by atoms with Crippen LogP contribution in [0, 0.1) is 6.92 Å². The van der Waals surface area contributed by atoms with Crippen LogP contribution >= 0.6 is 11.8 Å². The van der Waals surface area contributed by atoms with E-state index < -0.39 is 0 Å².